The summed E-state index contributed by atoms with van der Waals surface area (Å²) in [5.41, 5.74) is 0.679. The highest BCUT2D eigenvalue weighted by molar-refractivity contribution is 6.02. The molecule has 3 rings (SSSR count). The number of hydrogen-bond acceptors (Lipinski definition) is 4. The molecule has 1 aliphatic carbocycles. The van der Waals surface area contributed by atoms with E-state index < -0.39 is 0 Å². The maximum Gasteiger partial charge on any atom is 0.229 e. The maximum absolute atomic E-state index is 12.0. The third-order valence-electron chi connectivity index (χ3n) is 4.46. The van der Waals surface area contributed by atoms with Crippen LogP contribution in [-0.2, 0) is 14.4 Å². The van der Waals surface area contributed by atoms with Crippen LogP contribution in [0.3, 0.4) is 0 Å². The Bertz CT molecular complexity index is 604. The van der Waals surface area contributed by atoms with E-state index >= 15 is 0 Å². The zero-order chi connectivity index (χ0) is 16.9. The van der Waals surface area contributed by atoms with Crippen LogP contribution >= 0.6 is 0 Å². The Morgan fingerprint density at radius 1 is 1.08 bits per heavy atom. The second kappa shape index (κ2) is 7.47. The van der Waals surface area contributed by atoms with Crippen molar-refractivity contribution in [2.45, 2.75) is 51.0 Å². The highest BCUT2D eigenvalue weighted by Gasteiger charge is 2.28. The SMILES string of the molecule is O=C(CCN1C(=O)CCC1=O)Nc1ccc(OC2CCCC2)cc1. The summed E-state index contributed by atoms with van der Waals surface area (Å²) in [7, 11) is 0. The van der Waals surface area contributed by atoms with Gasteiger partial charge < -0.3 is 10.1 Å². The number of ether oxygens (including phenoxy) is 1. The van der Waals surface area contributed by atoms with Crippen LogP contribution in [0, 0.1) is 0 Å². The third kappa shape index (κ3) is 4.13. The first-order chi connectivity index (χ1) is 11.6. The van der Waals surface area contributed by atoms with Crippen LogP contribution in [-0.4, -0.2) is 35.3 Å². The van der Waals surface area contributed by atoms with Gasteiger partial charge in [-0.1, -0.05) is 0 Å². The predicted octanol–water partition coefficient (Wildman–Crippen LogP) is 2.49. The lowest BCUT2D eigenvalue weighted by Gasteiger charge is -2.14. The molecular weight excluding hydrogens is 308 g/mol. The van der Waals surface area contributed by atoms with E-state index in [1.165, 1.54) is 12.8 Å². The molecule has 0 spiro atoms. The number of benzene rings is 1. The summed E-state index contributed by atoms with van der Waals surface area (Å²) in [6.45, 7) is 0.145. The molecule has 0 bridgehead atoms. The zero-order valence-corrected chi connectivity index (χ0v) is 13.6. The van der Waals surface area contributed by atoms with Crippen molar-refractivity contribution in [2.24, 2.45) is 0 Å². The average molecular weight is 330 g/mol. The van der Waals surface area contributed by atoms with E-state index in [-0.39, 0.29) is 43.5 Å². The molecule has 1 heterocycles. The Balaban J connectivity index is 1.45. The topological polar surface area (TPSA) is 75.7 Å². The Morgan fingerprint density at radius 3 is 2.33 bits per heavy atom. The smallest absolute Gasteiger partial charge is 0.229 e. The van der Waals surface area contributed by atoms with Crippen LogP contribution in [0.1, 0.15) is 44.9 Å². The Labute approximate surface area is 141 Å². The van der Waals surface area contributed by atoms with Crippen molar-refractivity contribution in [1.29, 1.82) is 0 Å². The van der Waals surface area contributed by atoms with Gasteiger partial charge in [0.25, 0.3) is 0 Å². The van der Waals surface area contributed by atoms with Gasteiger partial charge >= 0.3 is 0 Å². The average Bonchev–Trinajstić information content (AvgIpc) is 3.18. The van der Waals surface area contributed by atoms with Gasteiger partial charge in [-0.15, -0.1) is 0 Å². The van der Waals surface area contributed by atoms with Crippen LogP contribution in [0.4, 0.5) is 5.69 Å². The fraction of sp³-hybridized carbons (Fsp3) is 0.500. The van der Waals surface area contributed by atoms with E-state index in [4.69, 9.17) is 4.74 Å². The van der Waals surface area contributed by atoms with E-state index in [9.17, 15) is 14.4 Å². The molecule has 1 saturated carbocycles. The summed E-state index contributed by atoms with van der Waals surface area (Å²) < 4.78 is 5.88. The normalized spacial score (nSPS) is 18.2. The first-order valence-corrected chi connectivity index (χ1v) is 8.51. The van der Waals surface area contributed by atoms with Crippen LogP contribution in [0.5, 0.6) is 5.75 Å². The minimum atomic E-state index is -0.216. The van der Waals surface area contributed by atoms with Crippen LogP contribution in [0.25, 0.3) is 0 Å². The molecular formula is C18H22N2O4. The molecule has 0 unspecified atom stereocenters. The number of carbonyl (C=O) groups excluding carboxylic acids is 3. The molecule has 0 radical (unpaired) electrons. The van der Waals surface area contributed by atoms with Crippen molar-refractivity contribution in [3.63, 3.8) is 0 Å². The fourth-order valence-corrected chi connectivity index (χ4v) is 3.12. The van der Waals surface area contributed by atoms with Gasteiger partial charge in [-0.2, -0.15) is 0 Å². The van der Waals surface area contributed by atoms with Gasteiger partial charge in [0, 0.05) is 31.5 Å². The lowest BCUT2D eigenvalue weighted by atomic mass is 10.2. The summed E-state index contributed by atoms with van der Waals surface area (Å²) in [6, 6.07) is 7.30. The largest absolute Gasteiger partial charge is 0.490 e. The highest BCUT2D eigenvalue weighted by Crippen LogP contribution is 2.25. The Hall–Kier alpha value is -2.37. The number of carbonyl (C=O) groups is 3. The molecule has 6 nitrogen and oxygen atoms in total. The van der Waals surface area contributed by atoms with E-state index in [0.717, 1.165) is 23.5 Å². The molecule has 24 heavy (non-hydrogen) atoms. The van der Waals surface area contributed by atoms with Crippen molar-refractivity contribution >= 4 is 23.4 Å². The number of nitrogens with zero attached hydrogens (tertiary/aromatic N) is 1. The summed E-state index contributed by atoms with van der Waals surface area (Å²) in [6.07, 6.45) is 5.57. The van der Waals surface area contributed by atoms with Gasteiger partial charge in [-0.25, -0.2) is 0 Å². The van der Waals surface area contributed by atoms with Crippen molar-refractivity contribution in [2.75, 3.05) is 11.9 Å². The van der Waals surface area contributed by atoms with Crippen LogP contribution in [0.2, 0.25) is 0 Å². The van der Waals surface area contributed by atoms with E-state index in [1.807, 2.05) is 12.1 Å². The van der Waals surface area contributed by atoms with Crippen molar-refractivity contribution in [1.82, 2.24) is 4.90 Å². The van der Waals surface area contributed by atoms with Crippen molar-refractivity contribution < 1.29 is 19.1 Å². The van der Waals surface area contributed by atoms with Gasteiger partial charge in [0.1, 0.15) is 5.75 Å². The quantitative estimate of drug-likeness (QED) is 0.813. The second-order valence-corrected chi connectivity index (χ2v) is 6.29. The van der Waals surface area contributed by atoms with E-state index in [1.54, 1.807) is 12.1 Å². The van der Waals surface area contributed by atoms with Crippen LogP contribution < -0.4 is 10.1 Å². The number of imide groups is 1. The number of nitrogens with one attached hydrogen (secondary N) is 1. The molecule has 2 aliphatic rings. The first kappa shape index (κ1) is 16.5. The maximum atomic E-state index is 12.0. The lowest BCUT2D eigenvalue weighted by molar-refractivity contribution is -0.138. The molecule has 6 heteroatoms. The highest BCUT2D eigenvalue weighted by atomic mass is 16.5. The predicted molar refractivity (Wildman–Crippen MR) is 88.5 cm³/mol. The molecule has 128 valence electrons. The number of amides is 3. The van der Waals surface area contributed by atoms with E-state index in [2.05, 4.69) is 5.32 Å². The number of hydrogen-bond donors (Lipinski definition) is 1. The zero-order valence-electron chi connectivity index (χ0n) is 13.6. The first-order valence-electron chi connectivity index (χ1n) is 8.51. The van der Waals surface area contributed by atoms with Gasteiger partial charge in [0.15, 0.2) is 0 Å². The summed E-state index contributed by atoms with van der Waals surface area (Å²) >= 11 is 0. The molecule has 1 aliphatic heterocycles. The number of anilines is 1. The molecule has 3 amide bonds. The molecule has 0 atom stereocenters. The fourth-order valence-electron chi connectivity index (χ4n) is 3.12. The summed E-state index contributed by atoms with van der Waals surface area (Å²) in [5.74, 6) is 0.211. The lowest BCUT2D eigenvalue weighted by Crippen LogP contribution is -2.32. The summed E-state index contributed by atoms with van der Waals surface area (Å²) in [5, 5.41) is 2.77. The van der Waals surface area contributed by atoms with E-state index in [0.29, 0.717) is 11.8 Å². The second-order valence-electron chi connectivity index (χ2n) is 6.29. The van der Waals surface area contributed by atoms with Gasteiger partial charge in [0.05, 0.1) is 6.10 Å². The number of rotatable bonds is 6. The molecule has 0 aromatic heterocycles. The molecule has 1 N–H and O–H groups in total. The standard InChI is InChI=1S/C18H22N2O4/c21-16(11-12-20-17(22)9-10-18(20)23)19-13-5-7-15(8-6-13)24-14-3-1-2-4-14/h5-8,14H,1-4,9-12H2,(H,19,21). The monoisotopic (exact) mass is 330 g/mol. The Kier molecular flexibility index (Phi) is 5.13. The minimum absolute atomic E-state index is 0.109. The molecule has 2 fully saturated rings. The molecule has 1 saturated heterocycles. The number of likely N-dealkylation sites (tertiary alicyclic amines) is 1. The minimum Gasteiger partial charge on any atom is -0.490 e. The van der Waals surface area contributed by atoms with Gasteiger partial charge in [-0.05, 0) is 49.9 Å². The van der Waals surface area contributed by atoms with Crippen molar-refractivity contribution in [3.05, 3.63) is 24.3 Å². The third-order valence-corrected chi connectivity index (χ3v) is 4.46. The van der Waals surface area contributed by atoms with Crippen LogP contribution in [0.15, 0.2) is 24.3 Å². The molecule has 1 aromatic rings. The van der Waals surface area contributed by atoms with Gasteiger partial charge in [-0.3, -0.25) is 19.3 Å². The Morgan fingerprint density at radius 2 is 1.71 bits per heavy atom. The van der Waals surface area contributed by atoms with Crippen molar-refractivity contribution in [3.8, 4) is 5.75 Å². The summed E-state index contributed by atoms with van der Waals surface area (Å²) in [4.78, 5) is 36.1. The van der Waals surface area contributed by atoms with Gasteiger partial charge in [0.2, 0.25) is 17.7 Å². The molecule has 1 aromatic carbocycles.